The van der Waals surface area contributed by atoms with Crippen molar-refractivity contribution in [3.05, 3.63) is 58.7 Å². The molecule has 0 spiro atoms. The van der Waals surface area contributed by atoms with Gasteiger partial charge >= 0.3 is 5.97 Å². The molecule has 0 amide bonds. The number of hydrogen-bond donors (Lipinski definition) is 0. The Hall–Kier alpha value is -2.29. The van der Waals surface area contributed by atoms with Crippen molar-refractivity contribution < 1.29 is 14.3 Å². The van der Waals surface area contributed by atoms with Gasteiger partial charge in [0.1, 0.15) is 5.75 Å². The number of methoxy groups -OCH3 is 1. The van der Waals surface area contributed by atoms with E-state index in [0.29, 0.717) is 17.9 Å². The fraction of sp³-hybridized carbons (Fsp3) is 0.500. The molecule has 1 aliphatic carbocycles. The average molecular weight is 397 g/mol. The minimum absolute atomic E-state index is 0.0741. The van der Waals surface area contributed by atoms with Gasteiger partial charge in [0.25, 0.3) is 0 Å². The van der Waals surface area contributed by atoms with E-state index in [1.165, 1.54) is 23.1 Å². The number of ether oxygens (including phenoxy) is 2. The van der Waals surface area contributed by atoms with Gasteiger partial charge in [0.2, 0.25) is 0 Å². The lowest BCUT2D eigenvalue weighted by molar-refractivity contribution is 0.0499. The summed E-state index contributed by atoms with van der Waals surface area (Å²) in [5.74, 6) is 0.385. The molecule has 1 aromatic rings. The van der Waals surface area contributed by atoms with Crippen LogP contribution in [0.4, 0.5) is 0 Å². The molecule has 0 atom stereocenters. The molecule has 29 heavy (non-hydrogen) atoms. The summed E-state index contributed by atoms with van der Waals surface area (Å²) >= 11 is 0. The van der Waals surface area contributed by atoms with Gasteiger partial charge in [-0.2, -0.15) is 0 Å². The first-order chi connectivity index (χ1) is 13.8. The topological polar surface area (TPSA) is 35.5 Å². The Morgan fingerprint density at radius 2 is 2.03 bits per heavy atom. The maximum absolute atomic E-state index is 12.4. The SMILES string of the molecule is C=C/C(C)=C(\C1=C(C)CCCC1(C)C)c1ccc(C(=O)OCCCC)cc1OC. The number of hydrogen-bond acceptors (Lipinski definition) is 3. The van der Waals surface area contributed by atoms with Gasteiger partial charge in [-0.1, -0.05) is 45.4 Å². The summed E-state index contributed by atoms with van der Waals surface area (Å²) in [7, 11) is 1.65. The summed E-state index contributed by atoms with van der Waals surface area (Å²) in [4.78, 5) is 12.4. The Balaban J connectivity index is 2.56. The molecule has 0 saturated heterocycles. The fourth-order valence-corrected chi connectivity index (χ4v) is 4.24. The van der Waals surface area contributed by atoms with Crippen molar-refractivity contribution in [2.45, 2.75) is 66.7 Å². The van der Waals surface area contributed by atoms with Gasteiger partial charge in [0.15, 0.2) is 0 Å². The van der Waals surface area contributed by atoms with Gasteiger partial charge in [-0.05, 0) is 79.9 Å². The number of benzene rings is 1. The number of unbranched alkanes of at least 4 members (excludes halogenated alkanes) is 1. The highest BCUT2D eigenvalue weighted by Crippen LogP contribution is 2.49. The highest BCUT2D eigenvalue weighted by atomic mass is 16.5. The van der Waals surface area contributed by atoms with Gasteiger partial charge in [-0.25, -0.2) is 4.79 Å². The zero-order valence-corrected chi connectivity index (χ0v) is 19.0. The van der Waals surface area contributed by atoms with Crippen molar-refractivity contribution in [3.8, 4) is 5.75 Å². The van der Waals surface area contributed by atoms with E-state index in [1.54, 1.807) is 13.2 Å². The molecule has 2 rings (SSSR count). The molecule has 1 aromatic carbocycles. The van der Waals surface area contributed by atoms with E-state index in [2.05, 4.69) is 41.2 Å². The molecule has 0 aliphatic heterocycles. The number of allylic oxidation sites excluding steroid dienone is 5. The molecular weight excluding hydrogens is 360 g/mol. The van der Waals surface area contributed by atoms with E-state index in [4.69, 9.17) is 9.47 Å². The summed E-state index contributed by atoms with van der Waals surface area (Å²) < 4.78 is 11.1. The van der Waals surface area contributed by atoms with Crippen molar-refractivity contribution >= 4 is 11.5 Å². The van der Waals surface area contributed by atoms with Crippen LogP contribution < -0.4 is 4.74 Å². The molecule has 0 heterocycles. The monoisotopic (exact) mass is 396 g/mol. The highest BCUT2D eigenvalue weighted by Gasteiger charge is 2.33. The largest absolute Gasteiger partial charge is 0.496 e. The minimum Gasteiger partial charge on any atom is -0.496 e. The lowest BCUT2D eigenvalue weighted by Crippen LogP contribution is -2.22. The second kappa shape index (κ2) is 9.96. The molecular formula is C26H36O3. The van der Waals surface area contributed by atoms with Crippen molar-refractivity contribution in [1.29, 1.82) is 0 Å². The van der Waals surface area contributed by atoms with Crippen molar-refractivity contribution in [1.82, 2.24) is 0 Å². The average Bonchev–Trinajstić information content (AvgIpc) is 2.69. The van der Waals surface area contributed by atoms with Crippen LogP contribution in [0.1, 0.15) is 82.6 Å². The zero-order valence-electron chi connectivity index (χ0n) is 19.0. The Bertz CT molecular complexity index is 824. The van der Waals surface area contributed by atoms with E-state index in [9.17, 15) is 4.79 Å². The molecule has 3 nitrogen and oxygen atoms in total. The van der Waals surface area contributed by atoms with E-state index in [1.807, 2.05) is 18.2 Å². The molecule has 0 aromatic heterocycles. The van der Waals surface area contributed by atoms with Crippen LogP contribution >= 0.6 is 0 Å². The van der Waals surface area contributed by atoms with E-state index < -0.39 is 0 Å². The Kier molecular flexibility index (Phi) is 7.89. The molecule has 3 heteroatoms. The molecule has 0 N–H and O–H groups in total. The van der Waals surface area contributed by atoms with Crippen LogP contribution in [0.25, 0.3) is 5.57 Å². The molecule has 0 fully saturated rings. The van der Waals surface area contributed by atoms with Crippen LogP contribution in [0.2, 0.25) is 0 Å². The van der Waals surface area contributed by atoms with Crippen LogP contribution in [0.3, 0.4) is 0 Å². The predicted octanol–water partition coefficient (Wildman–Crippen LogP) is 7.14. The number of carbonyl (C=O) groups excluding carboxylic acids is 1. The third-order valence-corrected chi connectivity index (χ3v) is 5.85. The fourth-order valence-electron chi connectivity index (χ4n) is 4.24. The van der Waals surface area contributed by atoms with Gasteiger partial charge in [-0.3, -0.25) is 0 Å². The van der Waals surface area contributed by atoms with Crippen LogP contribution in [-0.4, -0.2) is 19.7 Å². The number of carbonyl (C=O) groups is 1. The second-order valence-corrected chi connectivity index (χ2v) is 8.56. The summed E-state index contributed by atoms with van der Waals surface area (Å²) in [6, 6.07) is 5.63. The van der Waals surface area contributed by atoms with E-state index in [-0.39, 0.29) is 11.4 Å². The summed E-state index contributed by atoms with van der Waals surface area (Å²) in [6.07, 6.45) is 7.24. The molecule has 0 saturated carbocycles. The first-order valence-electron chi connectivity index (χ1n) is 10.7. The lowest BCUT2D eigenvalue weighted by Gasteiger charge is -2.37. The normalized spacial score (nSPS) is 16.9. The maximum Gasteiger partial charge on any atom is 0.338 e. The second-order valence-electron chi connectivity index (χ2n) is 8.56. The Morgan fingerprint density at radius 1 is 1.31 bits per heavy atom. The quantitative estimate of drug-likeness (QED) is 0.266. The summed E-state index contributed by atoms with van der Waals surface area (Å²) in [6.45, 7) is 15.5. The van der Waals surface area contributed by atoms with Gasteiger partial charge in [-0.15, -0.1) is 0 Å². The standard InChI is InChI=1S/C26H36O3/c1-8-10-16-29-25(27)20-13-14-21(22(17-20)28-7)23(18(3)9-2)24-19(4)12-11-15-26(24,5)6/h9,13-14,17H,2,8,10-12,15-16H2,1,3-7H3/b23-18-. The van der Waals surface area contributed by atoms with Crippen LogP contribution in [0.5, 0.6) is 5.75 Å². The number of rotatable bonds is 8. The zero-order chi connectivity index (χ0) is 21.6. The summed E-state index contributed by atoms with van der Waals surface area (Å²) in [5, 5.41) is 0. The highest BCUT2D eigenvalue weighted by molar-refractivity contribution is 5.93. The minimum atomic E-state index is -0.303. The van der Waals surface area contributed by atoms with E-state index >= 15 is 0 Å². The third-order valence-electron chi connectivity index (χ3n) is 5.85. The van der Waals surface area contributed by atoms with Gasteiger partial charge in [0.05, 0.1) is 19.3 Å². The van der Waals surface area contributed by atoms with Gasteiger partial charge < -0.3 is 9.47 Å². The maximum atomic E-state index is 12.4. The van der Waals surface area contributed by atoms with E-state index in [0.717, 1.165) is 36.8 Å². The van der Waals surface area contributed by atoms with Crippen molar-refractivity contribution in [3.63, 3.8) is 0 Å². The van der Waals surface area contributed by atoms with Gasteiger partial charge in [0, 0.05) is 5.56 Å². The molecule has 0 radical (unpaired) electrons. The molecule has 0 unspecified atom stereocenters. The van der Waals surface area contributed by atoms with Crippen LogP contribution in [-0.2, 0) is 4.74 Å². The van der Waals surface area contributed by atoms with Crippen molar-refractivity contribution in [2.75, 3.05) is 13.7 Å². The third kappa shape index (κ3) is 5.20. The first kappa shape index (κ1) is 23.0. The Labute approximate surface area is 176 Å². The lowest BCUT2D eigenvalue weighted by atomic mass is 9.68. The van der Waals surface area contributed by atoms with Crippen molar-refractivity contribution in [2.24, 2.45) is 5.41 Å². The van der Waals surface area contributed by atoms with Crippen LogP contribution in [0, 0.1) is 5.41 Å². The predicted molar refractivity (Wildman–Crippen MR) is 121 cm³/mol. The molecule has 158 valence electrons. The smallest absolute Gasteiger partial charge is 0.338 e. The number of esters is 1. The Morgan fingerprint density at radius 3 is 2.62 bits per heavy atom. The molecule has 1 aliphatic rings. The van der Waals surface area contributed by atoms with Crippen LogP contribution in [0.15, 0.2) is 47.6 Å². The molecule has 0 bridgehead atoms. The first-order valence-corrected chi connectivity index (χ1v) is 10.7. The summed E-state index contributed by atoms with van der Waals surface area (Å²) in [5.41, 5.74) is 6.67.